The molecule has 0 aliphatic rings. The number of hydrogen-bond acceptors (Lipinski definition) is 0. The summed E-state index contributed by atoms with van der Waals surface area (Å²) in [4.78, 5) is 0. The Morgan fingerprint density at radius 2 is 1.80 bits per heavy atom. The van der Waals surface area contributed by atoms with Crippen molar-refractivity contribution in [3.63, 3.8) is 0 Å². The van der Waals surface area contributed by atoms with Gasteiger partial charge in [0.2, 0.25) is 0 Å². The lowest BCUT2D eigenvalue weighted by atomic mass is 9.97. The molecule has 1 unspecified atom stereocenters. The van der Waals surface area contributed by atoms with Gasteiger partial charge < -0.3 is 0 Å². The SMILES string of the molecule is Cc1ccc(C)c(C(Cl)CCC(C)C)c1. The van der Waals surface area contributed by atoms with Crippen LogP contribution in [-0.4, -0.2) is 0 Å². The smallest absolute Gasteiger partial charge is 0.0588 e. The van der Waals surface area contributed by atoms with E-state index in [1.807, 2.05) is 0 Å². The number of aryl methyl sites for hydroxylation is 2. The Labute approximate surface area is 98.7 Å². The summed E-state index contributed by atoms with van der Waals surface area (Å²) >= 11 is 6.43. The fourth-order valence-electron chi connectivity index (χ4n) is 1.73. The molecular formula is C14H21Cl. The van der Waals surface area contributed by atoms with E-state index < -0.39 is 0 Å². The second kappa shape index (κ2) is 5.55. The van der Waals surface area contributed by atoms with Gasteiger partial charge >= 0.3 is 0 Å². The molecule has 0 amide bonds. The fourth-order valence-corrected chi connectivity index (χ4v) is 2.09. The maximum atomic E-state index is 6.43. The van der Waals surface area contributed by atoms with Crippen LogP contribution in [0, 0.1) is 19.8 Å². The van der Waals surface area contributed by atoms with E-state index in [1.54, 1.807) is 0 Å². The second-order valence-corrected chi connectivity index (χ2v) is 5.33. The monoisotopic (exact) mass is 224 g/mol. The second-order valence-electron chi connectivity index (χ2n) is 4.80. The standard InChI is InChI=1S/C14H21Cl/c1-10(2)5-8-14(15)13-9-11(3)6-7-12(13)4/h6-7,9-10,14H,5,8H2,1-4H3. The Morgan fingerprint density at radius 1 is 1.13 bits per heavy atom. The van der Waals surface area contributed by atoms with Crippen LogP contribution in [0.2, 0.25) is 0 Å². The van der Waals surface area contributed by atoms with Gasteiger partial charge in [-0.25, -0.2) is 0 Å². The molecule has 0 N–H and O–H groups in total. The Balaban J connectivity index is 2.72. The zero-order chi connectivity index (χ0) is 11.4. The van der Waals surface area contributed by atoms with E-state index in [-0.39, 0.29) is 5.38 Å². The lowest BCUT2D eigenvalue weighted by Crippen LogP contribution is -1.97. The minimum Gasteiger partial charge on any atom is -0.118 e. The molecule has 0 aliphatic heterocycles. The van der Waals surface area contributed by atoms with Gasteiger partial charge in [-0.15, -0.1) is 11.6 Å². The molecule has 1 aromatic carbocycles. The summed E-state index contributed by atoms with van der Waals surface area (Å²) in [6.07, 6.45) is 2.27. The molecule has 0 saturated heterocycles. The molecule has 0 spiro atoms. The van der Waals surface area contributed by atoms with Crippen LogP contribution >= 0.6 is 11.6 Å². The number of hydrogen-bond donors (Lipinski definition) is 0. The predicted molar refractivity (Wildman–Crippen MR) is 68.6 cm³/mol. The molecule has 15 heavy (non-hydrogen) atoms. The van der Waals surface area contributed by atoms with Gasteiger partial charge in [0, 0.05) is 0 Å². The lowest BCUT2D eigenvalue weighted by Gasteiger charge is -2.14. The van der Waals surface area contributed by atoms with Crippen molar-refractivity contribution in [3.8, 4) is 0 Å². The molecule has 1 atom stereocenters. The van der Waals surface area contributed by atoms with Crippen molar-refractivity contribution in [1.29, 1.82) is 0 Å². The van der Waals surface area contributed by atoms with Gasteiger partial charge in [-0.1, -0.05) is 37.6 Å². The van der Waals surface area contributed by atoms with Gasteiger partial charge in [0.05, 0.1) is 5.38 Å². The first kappa shape index (κ1) is 12.6. The highest BCUT2D eigenvalue weighted by atomic mass is 35.5. The predicted octanol–water partition coefficient (Wildman–Crippen LogP) is 5.02. The third-order valence-corrected chi connectivity index (χ3v) is 3.22. The summed E-state index contributed by atoms with van der Waals surface area (Å²) in [7, 11) is 0. The maximum Gasteiger partial charge on any atom is 0.0588 e. The lowest BCUT2D eigenvalue weighted by molar-refractivity contribution is 0.548. The fraction of sp³-hybridized carbons (Fsp3) is 0.571. The van der Waals surface area contributed by atoms with Gasteiger partial charge in [0.1, 0.15) is 0 Å². The van der Waals surface area contributed by atoms with Crippen LogP contribution in [0.3, 0.4) is 0 Å². The van der Waals surface area contributed by atoms with Crippen LogP contribution < -0.4 is 0 Å². The van der Waals surface area contributed by atoms with E-state index in [0.717, 1.165) is 12.3 Å². The summed E-state index contributed by atoms with van der Waals surface area (Å²) < 4.78 is 0. The molecule has 0 bridgehead atoms. The summed E-state index contributed by atoms with van der Waals surface area (Å²) in [5.74, 6) is 0.733. The largest absolute Gasteiger partial charge is 0.118 e. The quantitative estimate of drug-likeness (QED) is 0.630. The highest BCUT2D eigenvalue weighted by molar-refractivity contribution is 6.20. The first-order valence-corrected chi connectivity index (χ1v) is 6.15. The summed E-state index contributed by atoms with van der Waals surface area (Å²) in [5.41, 5.74) is 3.91. The summed E-state index contributed by atoms with van der Waals surface area (Å²) in [6, 6.07) is 6.52. The van der Waals surface area contributed by atoms with Crippen molar-refractivity contribution < 1.29 is 0 Å². The van der Waals surface area contributed by atoms with Crippen LogP contribution in [0.4, 0.5) is 0 Å². The van der Waals surface area contributed by atoms with Crippen molar-refractivity contribution in [2.75, 3.05) is 0 Å². The van der Waals surface area contributed by atoms with E-state index in [2.05, 4.69) is 45.9 Å². The third kappa shape index (κ3) is 3.87. The minimum atomic E-state index is 0.173. The van der Waals surface area contributed by atoms with E-state index in [4.69, 9.17) is 11.6 Å². The van der Waals surface area contributed by atoms with Crippen LogP contribution in [0.15, 0.2) is 18.2 Å². The van der Waals surface area contributed by atoms with Gasteiger partial charge in [-0.3, -0.25) is 0 Å². The zero-order valence-electron chi connectivity index (χ0n) is 10.2. The van der Waals surface area contributed by atoms with Crippen molar-refractivity contribution in [3.05, 3.63) is 34.9 Å². The highest BCUT2D eigenvalue weighted by Gasteiger charge is 2.11. The summed E-state index contributed by atoms with van der Waals surface area (Å²) in [6.45, 7) is 8.74. The summed E-state index contributed by atoms with van der Waals surface area (Å²) in [5, 5.41) is 0.173. The van der Waals surface area contributed by atoms with Crippen LogP contribution in [0.5, 0.6) is 0 Å². The van der Waals surface area contributed by atoms with Gasteiger partial charge in [0.25, 0.3) is 0 Å². The first-order valence-electron chi connectivity index (χ1n) is 5.72. The Bertz CT molecular complexity index is 315. The third-order valence-electron chi connectivity index (χ3n) is 2.77. The molecule has 0 aliphatic carbocycles. The number of rotatable bonds is 4. The van der Waals surface area contributed by atoms with E-state index in [9.17, 15) is 0 Å². The number of alkyl halides is 1. The molecule has 0 radical (unpaired) electrons. The highest BCUT2D eigenvalue weighted by Crippen LogP contribution is 2.30. The molecule has 0 nitrogen and oxygen atoms in total. The molecule has 1 heteroatoms. The average molecular weight is 225 g/mol. The van der Waals surface area contributed by atoms with Gasteiger partial charge in [-0.2, -0.15) is 0 Å². The maximum absolute atomic E-state index is 6.43. The number of benzene rings is 1. The normalized spacial score (nSPS) is 13.2. The minimum absolute atomic E-state index is 0.173. The molecule has 0 aromatic heterocycles. The number of halogens is 1. The van der Waals surface area contributed by atoms with E-state index >= 15 is 0 Å². The Hall–Kier alpha value is -0.490. The first-order chi connectivity index (χ1) is 7.00. The van der Waals surface area contributed by atoms with Crippen LogP contribution in [-0.2, 0) is 0 Å². The van der Waals surface area contributed by atoms with Crippen molar-refractivity contribution in [1.82, 2.24) is 0 Å². The molecule has 0 saturated carbocycles. The van der Waals surface area contributed by atoms with Gasteiger partial charge in [-0.05, 0) is 43.7 Å². The van der Waals surface area contributed by atoms with Gasteiger partial charge in [0.15, 0.2) is 0 Å². The Kier molecular flexibility index (Phi) is 4.66. The van der Waals surface area contributed by atoms with E-state index in [1.165, 1.54) is 23.1 Å². The van der Waals surface area contributed by atoms with E-state index in [0.29, 0.717) is 0 Å². The van der Waals surface area contributed by atoms with Crippen molar-refractivity contribution in [2.24, 2.45) is 5.92 Å². The zero-order valence-corrected chi connectivity index (χ0v) is 10.9. The Morgan fingerprint density at radius 3 is 2.40 bits per heavy atom. The molecule has 1 aromatic rings. The molecule has 1 rings (SSSR count). The average Bonchev–Trinajstić information content (AvgIpc) is 2.18. The van der Waals surface area contributed by atoms with Crippen LogP contribution in [0.25, 0.3) is 0 Å². The molecule has 0 heterocycles. The van der Waals surface area contributed by atoms with Crippen molar-refractivity contribution in [2.45, 2.75) is 45.9 Å². The van der Waals surface area contributed by atoms with Crippen molar-refractivity contribution >= 4 is 11.6 Å². The topological polar surface area (TPSA) is 0 Å². The molecular weight excluding hydrogens is 204 g/mol. The molecule has 84 valence electrons. The molecule has 0 fully saturated rings. The van der Waals surface area contributed by atoms with Crippen LogP contribution in [0.1, 0.15) is 48.8 Å².